The third-order valence-electron chi connectivity index (χ3n) is 5.93. The molecule has 2 aliphatic carbocycles. The van der Waals surface area contributed by atoms with E-state index >= 15 is 0 Å². The van der Waals surface area contributed by atoms with Crippen LogP contribution in [0.4, 0.5) is 0 Å². The van der Waals surface area contributed by atoms with Crippen molar-refractivity contribution < 1.29 is 4.79 Å². The molecule has 2 saturated carbocycles. The topological polar surface area (TPSA) is 46.3 Å². The monoisotopic (exact) mass is 308 g/mol. The van der Waals surface area contributed by atoms with Gasteiger partial charge in [0.05, 0.1) is 5.92 Å². The van der Waals surface area contributed by atoms with Crippen LogP contribution in [0.5, 0.6) is 0 Å². The molecule has 3 heteroatoms. The average molecular weight is 308 g/mol. The van der Waals surface area contributed by atoms with Crippen LogP contribution in [0.1, 0.15) is 24.8 Å². The molecule has 120 valence electrons. The fourth-order valence-corrected chi connectivity index (χ4v) is 4.72. The Morgan fingerprint density at radius 2 is 1.87 bits per heavy atom. The van der Waals surface area contributed by atoms with E-state index in [4.69, 9.17) is 5.73 Å². The highest BCUT2D eigenvalue weighted by molar-refractivity contribution is 5.86. The van der Waals surface area contributed by atoms with Crippen LogP contribution < -0.4 is 5.73 Å². The number of fused-ring (bicyclic) bond motifs is 3. The van der Waals surface area contributed by atoms with E-state index in [1.807, 2.05) is 11.9 Å². The molecule has 2 N–H and O–H groups in total. The lowest BCUT2D eigenvalue weighted by atomic mass is 9.84. The van der Waals surface area contributed by atoms with Crippen LogP contribution in [-0.2, 0) is 11.3 Å². The predicted octanol–water partition coefficient (Wildman–Crippen LogP) is 3.17. The van der Waals surface area contributed by atoms with Gasteiger partial charge in [-0.3, -0.25) is 4.79 Å². The molecule has 0 heterocycles. The van der Waals surface area contributed by atoms with Crippen molar-refractivity contribution in [2.75, 3.05) is 7.05 Å². The summed E-state index contributed by atoms with van der Waals surface area (Å²) in [4.78, 5) is 14.8. The van der Waals surface area contributed by atoms with Crippen LogP contribution in [0.15, 0.2) is 42.5 Å². The van der Waals surface area contributed by atoms with Gasteiger partial charge in [0.15, 0.2) is 0 Å². The van der Waals surface area contributed by atoms with Gasteiger partial charge in [0.25, 0.3) is 0 Å². The minimum Gasteiger partial charge on any atom is -0.341 e. The summed E-state index contributed by atoms with van der Waals surface area (Å²) in [6.07, 6.45) is 3.54. The van der Waals surface area contributed by atoms with Gasteiger partial charge in [-0.15, -0.1) is 0 Å². The zero-order valence-corrected chi connectivity index (χ0v) is 13.6. The third-order valence-corrected chi connectivity index (χ3v) is 5.93. The Morgan fingerprint density at radius 1 is 1.13 bits per heavy atom. The zero-order valence-electron chi connectivity index (χ0n) is 13.6. The molecular formula is C20H24N2O. The zero-order chi connectivity index (χ0) is 16.0. The number of benzene rings is 2. The molecule has 23 heavy (non-hydrogen) atoms. The van der Waals surface area contributed by atoms with Crippen molar-refractivity contribution in [1.82, 2.24) is 4.90 Å². The van der Waals surface area contributed by atoms with E-state index in [9.17, 15) is 4.79 Å². The fourth-order valence-electron chi connectivity index (χ4n) is 4.72. The summed E-state index contributed by atoms with van der Waals surface area (Å²) in [5.41, 5.74) is 7.54. The van der Waals surface area contributed by atoms with Crippen LogP contribution in [0.2, 0.25) is 0 Å². The molecule has 2 aliphatic rings. The van der Waals surface area contributed by atoms with Gasteiger partial charge < -0.3 is 10.6 Å². The largest absolute Gasteiger partial charge is 0.341 e. The van der Waals surface area contributed by atoms with Gasteiger partial charge in [0, 0.05) is 19.6 Å². The van der Waals surface area contributed by atoms with Crippen LogP contribution in [-0.4, -0.2) is 23.9 Å². The van der Waals surface area contributed by atoms with Crippen molar-refractivity contribution in [2.24, 2.45) is 23.5 Å². The lowest BCUT2D eigenvalue weighted by molar-refractivity contribution is -0.136. The van der Waals surface area contributed by atoms with E-state index in [0.29, 0.717) is 18.4 Å². The Balaban J connectivity index is 1.55. The van der Waals surface area contributed by atoms with Crippen LogP contribution in [0.3, 0.4) is 0 Å². The number of nitrogens with zero attached hydrogens (tertiary/aromatic N) is 1. The van der Waals surface area contributed by atoms with E-state index in [1.165, 1.54) is 29.2 Å². The molecule has 2 aromatic rings. The van der Waals surface area contributed by atoms with E-state index in [2.05, 4.69) is 42.5 Å². The van der Waals surface area contributed by atoms with E-state index in [-0.39, 0.29) is 17.9 Å². The maximum atomic E-state index is 12.9. The maximum Gasteiger partial charge on any atom is 0.227 e. The number of rotatable bonds is 3. The standard InChI is InChI=1S/C20H24N2O/c1-22(20(23)18-14-9-10-15(11-14)19(18)21)12-16-7-4-6-13-5-2-3-8-17(13)16/h2-8,14-15,18-19H,9-12,21H2,1H3. The lowest BCUT2D eigenvalue weighted by Gasteiger charge is -2.31. The van der Waals surface area contributed by atoms with Crippen LogP contribution >= 0.6 is 0 Å². The van der Waals surface area contributed by atoms with Gasteiger partial charge in [-0.1, -0.05) is 42.5 Å². The van der Waals surface area contributed by atoms with E-state index < -0.39 is 0 Å². The Bertz CT molecular complexity index is 734. The van der Waals surface area contributed by atoms with Crippen molar-refractivity contribution in [2.45, 2.75) is 31.8 Å². The molecule has 2 fully saturated rings. The van der Waals surface area contributed by atoms with Crippen LogP contribution in [0, 0.1) is 17.8 Å². The van der Waals surface area contributed by atoms with Gasteiger partial charge in [-0.05, 0) is 47.4 Å². The van der Waals surface area contributed by atoms with Crippen LogP contribution in [0.25, 0.3) is 10.8 Å². The summed E-state index contributed by atoms with van der Waals surface area (Å²) in [7, 11) is 1.92. The molecule has 2 bridgehead atoms. The molecule has 4 rings (SSSR count). The molecule has 4 atom stereocenters. The number of hydrogen-bond acceptors (Lipinski definition) is 2. The SMILES string of the molecule is CN(Cc1cccc2ccccc12)C(=O)C1C2CCC(C2)C1N. The molecule has 0 radical (unpaired) electrons. The van der Waals surface area contributed by atoms with Crippen molar-refractivity contribution in [1.29, 1.82) is 0 Å². The summed E-state index contributed by atoms with van der Waals surface area (Å²) in [5.74, 6) is 1.35. The van der Waals surface area contributed by atoms with Gasteiger partial charge in [-0.2, -0.15) is 0 Å². The molecule has 0 aromatic heterocycles. The predicted molar refractivity (Wildman–Crippen MR) is 92.7 cm³/mol. The van der Waals surface area contributed by atoms with Gasteiger partial charge in [-0.25, -0.2) is 0 Å². The highest BCUT2D eigenvalue weighted by Gasteiger charge is 2.49. The third kappa shape index (κ3) is 2.43. The summed E-state index contributed by atoms with van der Waals surface area (Å²) >= 11 is 0. The fraction of sp³-hybridized carbons (Fsp3) is 0.450. The first-order valence-corrected chi connectivity index (χ1v) is 8.62. The first-order chi connectivity index (χ1) is 11.1. The quantitative estimate of drug-likeness (QED) is 0.946. The number of amides is 1. The number of carbonyl (C=O) groups excluding carboxylic acids is 1. The summed E-state index contributed by atoms with van der Waals surface area (Å²) in [6, 6.07) is 14.7. The van der Waals surface area contributed by atoms with E-state index in [1.54, 1.807) is 0 Å². The highest BCUT2D eigenvalue weighted by atomic mass is 16.2. The molecule has 2 aromatic carbocycles. The Hall–Kier alpha value is -1.87. The van der Waals surface area contributed by atoms with Crippen molar-refractivity contribution in [3.05, 3.63) is 48.0 Å². The maximum absolute atomic E-state index is 12.9. The molecule has 3 nitrogen and oxygen atoms in total. The second-order valence-corrected chi connectivity index (χ2v) is 7.27. The van der Waals surface area contributed by atoms with Crippen molar-refractivity contribution in [3.63, 3.8) is 0 Å². The van der Waals surface area contributed by atoms with Crippen molar-refractivity contribution >= 4 is 16.7 Å². The first-order valence-electron chi connectivity index (χ1n) is 8.62. The molecule has 4 unspecified atom stereocenters. The van der Waals surface area contributed by atoms with E-state index in [0.717, 1.165) is 6.42 Å². The molecule has 0 spiro atoms. The molecule has 0 saturated heterocycles. The first kappa shape index (κ1) is 14.7. The normalized spacial score (nSPS) is 29.1. The number of nitrogens with two attached hydrogens (primary N) is 1. The molecule has 0 aliphatic heterocycles. The second kappa shape index (κ2) is 5.64. The van der Waals surface area contributed by atoms with Crippen molar-refractivity contribution in [3.8, 4) is 0 Å². The number of hydrogen-bond donors (Lipinski definition) is 1. The smallest absolute Gasteiger partial charge is 0.227 e. The highest BCUT2D eigenvalue weighted by Crippen LogP contribution is 2.48. The minimum absolute atomic E-state index is 0.0359. The Morgan fingerprint density at radius 3 is 2.65 bits per heavy atom. The molecular weight excluding hydrogens is 284 g/mol. The van der Waals surface area contributed by atoms with Gasteiger partial charge >= 0.3 is 0 Å². The number of carbonyl (C=O) groups is 1. The molecule has 1 amide bonds. The second-order valence-electron chi connectivity index (χ2n) is 7.27. The minimum atomic E-state index is 0.0359. The van der Waals surface area contributed by atoms with Gasteiger partial charge in [0.2, 0.25) is 5.91 Å². The average Bonchev–Trinajstić information content (AvgIpc) is 3.15. The summed E-state index contributed by atoms with van der Waals surface area (Å²) in [6.45, 7) is 0.654. The van der Waals surface area contributed by atoms with Gasteiger partial charge in [0.1, 0.15) is 0 Å². The Kier molecular flexibility index (Phi) is 3.61. The summed E-state index contributed by atoms with van der Waals surface area (Å²) in [5, 5.41) is 2.45. The summed E-state index contributed by atoms with van der Waals surface area (Å²) < 4.78 is 0. The Labute approximate surface area is 137 Å². The lowest BCUT2D eigenvalue weighted by Crippen LogP contribution is -2.45.